The monoisotopic (exact) mass is 343 g/mol. The van der Waals surface area contributed by atoms with E-state index in [9.17, 15) is 4.79 Å². The number of urea groups is 1. The Balaban J connectivity index is 1.59. The summed E-state index contributed by atoms with van der Waals surface area (Å²) in [5, 5.41) is 22.6. The van der Waals surface area contributed by atoms with Crippen molar-refractivity contribution in [2.24, 2.45) is 0 Å². The molecular formula is C15H17N7OS. The van der Waals surface area contributed by atoms with Crippen molar-refractivity contribution < 1.29 is 4.79 Å². The van der Waals surface area contributed by atoms with E-state index < -0.39 is 0 Å². The number of amides is 2. The van der Waals surface area contributed by atoms with E-state index in [-0.39, 0.29) is 12.1 Å². The van der Waals surface area contributed by atoms with Crippen LogP contribution in [0.4, 0.5) is 9.93 Å². The third-order valence-corrected chi connectivity index (χ3v) is 4.40. The van der Waals surface area contributed by atoms with Gasteiger partial charge in [-0.05, 0) is 31.0 Å². The van der Waals surface area contributed by atoms with Gasteiger partial charge in [0.15, 0.2) is 0 Å². The molecule has 2 amide bonds. The molecule has 0 radical (unpaired) electrons. The van der Waals surface area contributed by atoms with Crippen LogP contribution in [0.1, 0.15) is 30.5 Å². The van der Waals surface area contributed by atoms with Gasteiger partial charge in [-0.1, -0.05) is 35.6 Å². The summed E-state index contributed by atoms with van der Waals surface area (Å²) < 4.78 is 1.68. The summed E-state index contributed by atoms with van der Waals surface area (Å²) >= 11 is 1.37. The molecular weight excluding hydrogens is 326 g/mol. The van der Waals surface area contributed by atoms with Gasteiger partial charge in [-0.3, -0.25) is 5.32 Å². The molecule has 1 unspecified atom stereocenters. The first-order valence-electron chi connectivity index (χ1n) is 7.52. The molecule has 0 aliphatic carbocycles. The molecule has 24 heavy (non-hydrogen) atoms. The summed E-state index contributed by atoms with van der Waals surface area (Å²) in [6.07, 6.45) is 4.20. The highest BCUT2D eigenvalue weighted by Gasteiger charge is 2.12. The zero-order chi connectivity index (χ0) is 16.9. The molecule has 124 valence electrons. The van der Waals surface area contributed by atoms with E-state index in [0.717, 1.165) is 22.7 Å². The van der Waals surface area contributed by atoms with Gasteiger partial charge in [0.2, 0.25) is 5.13 Å². The number of aryl methyl sites for hydroxylation is 1. The number of nitrogens with zero attached hydrogens (tertiary/aromatic N) is 5. The predicted octanol–water partition coefficient (Wildman–Crippen LogP) is 2.56. The van der Waals surface area contributed by atoms with E-state index in [2.05, 4.69) is 31.1 Å². The Bertz CT molecular complexity index is 798. The Morgan fingerprint density at radius 1 is 1.29 bits per heavy atom. The van der Waals surface area contributed by atoms with E-state index >= 15 is 0 Å². The lowest BCUT2D eigenvalue weighted by Gasteiger charge is -2.14. The molecule has 0 saturated heterocycles. The van der Waals surface area contributed by atoms with Gasteiger partial charge in [-0.15, -0.1) is 15.3 Å². The van der Waals surface area contributed by atoms with E-state index in [4.69, 9.17) is 0 Å². The first kappa shape index (κ1) is 16.1. The van der Waals surface area contributed by atoms with Crippen molar-refractivity contribution in [3.8, 4) is 5.69 Å². The third kappa shape index (κ3) is 3.74. The van der Waals surface area contributed by atoms with Crippen LogP contribution in [0.5, 0.6) is 0 Å². The number of benzene rings is 1. The molecule has 2 N–H and O–H groups in total. The Labute approximate surface area is 142 Å². The fourth-order valence-electron chi connectivity index (χ4n) is 2.12. The van der Waals surface area contributed by atoms with Crippen LogP contribution < -0.4 is 10.6 Å². The fraction of sp³-hybridized carbons (Fsp3) is 0.267. The molecule has 0 saturated carbocycles. The van der Waals surface area contributed by atoms with Gasteiger partial charge in [0.25, 0.3) is 0 Å². The minimum absolute atomic E-state index is 0.145. The summed E-state index contributed by atoms with van der Waals surface area (Å²) in [6, 6.07) is 7.30. The van der Waals surface area contributed by atoms with Crippen LogP contribution in [-0.2, 0) is 6.42 Å². The number of rotatable bonds is 5. The number of aromatic nitrogens is 5. The van der Waals surface area contributed by atoms with Crippen LogP contribution >= 0.6 is 11.3 Å². The van der Waals surface area contributed by atoms with Gasteiger partial charge in [0.05, 0.1) is 24.1 Å². The predicted molar refractivity (Wildman–Crippen MR) is 91.2 cm³/mol. The number of carbonyl (C=O) groups excluding carboxylic acids is 1. The highest BCUT2D eigenvalue weighted by atomic mass is 32.1. The SMILES string of the molecule is CCc1nnc(NC(=O)NC(C)c2ccc(-n3ccnn3)cc2)s1. The number of carbonyl (C=O) groups is 1. The van der Waals surface area contributed by atoms with Crippen LogP contribution in [0.25, 0.3) is 5.69 Å². The normalized spacial score (nSPS) is 11.9. The van der Waals surface area contributed by atoms with Gasteiger partial charge < -0.3 is 5.32 Å². The molecule has 0 fully saturated rings. The Morgan fingerprint density at radius 3 is 2.71 bits per heavy atom. The summed E-state index contributed by atoms with van der Waals surface area (Å²) in [7, 11) is 0. The molecule has 8 nitrogen and oxygen atoms in total. The second kappa shape index (κ2) is 7.18. The van der Waals surface area contributed by atoms with Crippen molar-refractivity contribution in [2.75, 3.05) is 5.32 Å². The second-order valence-electron chi connectivity index (χ2n) is 5.11. The lowest BCUT2D eigenvalue weighted by molar-refractivity contribution is 0.249. The lowest BCUT2D eigenvalue weighted by atomic mass is 10.1. The van der Waals surface area contributed by atoms with Gasteiger partial charge in [-0.25, -0.2) is 9.48 Å². The largest absolute Gasteiger partial charge is 0.331 e. The Kier molecular flexibility index (Phi) is 4.80. The number of nitrogens with one attached hydrogen (secondary N) is 2. The van der Waals surface area contributed by atoms with Crippen molar-refractivity contribution in [1.82, 2.24) is 30.5 Å². The minimum atomic E-state index is -0.304. The molecule has 1 atom stereocenters. The maximum atomic E-state index is 12.0. The van der Waals surface area contributed by atoms with Crippen LogP contribution in [0.3, 0.4) is 0 Å². The van der Waals surface area contributed by atoms with Gasteiger partial charge in [0.1, 0.15) is 5.01 Å². The lowest BCUT2D eigenvalue weighted by Crippen LogP contribution is -2.31. The molecule has 0 spiro atoms. The minimum Gasteiger partial charge on any atom is -0.331 e. The second-order valence-corrected chi connectivity index (χ2v) is 6.18. The molecule has 1 aromatic carbocycles. The maximum absolute atomic E-state index is 12.0. The molecule has 2 aromatic heterocycles. The first-order valence-corrected chi connectivity index (χ1v) is 8.34. The van der Waals surface area contributed by atoms with Crippen molar-refractivity contribution in [2.45, 2.75) is 26.3 Å². The van der Waals surface area contributed by atoms with Gasteiger partial charge in [0, 0.05) is 0 Å². The first-order chi connectivity index (χ1) is 11.7. The number of hydrogen-bond acceptors (Lipinski definition) is 6. The maximum Gasteiger partial charge on any atom is 0.321 e. The molecule has 9 heteroatoms. The summed E-state index contributed by atoms with van der Waals surface area (Å²) in [5.41, 5.74) is 1.90. The van der Waals surface area contributed by atoms with E-state index in [1.165, 1.54) is 11.3 Å². The number of hydrogen-bond donors (Lipinski definition) is 2. The van der Waals surface area contributed by atoms with Gasteiger partial charge in [-0.2, -0.15) is 0 Å². The number of anilines is 1. The van der Waals surface area contributed by atoms with Gasteiger partial charge >= 0.3 is 6.03 Å². The smallest absolute Gasteiger partial charge is 0.321 e. The third-order valence-electron chi connectivity index (χ3n) is 3.42. The molecule has 2 heterocycles. The average molecular weight is 343 g/mol. The summed E-state index contributed by atoms with van der Waals surface area (Å²) in [5.74, 6) is 0. The van der Waals surface area contributed by atoms with Crippen LogP contribution in [0.2, 0.25) is 0 Å². The molecule has 0 bridgehead atoms. The average Bonchev–Trinajstić information content (AvgIpc) is 3.26. The fourth-order valence-corrected chi connectivity index (χ4v) is 2.80. The van der Waals surface area contributed by atoms with Crippen LogP contribution in [0, 0.1) is 0 Å². The van der Waals surface area contributed by atoms with Crippen molar-refractivity contribution in [3.05, 3.63) is 47.2 Å². The zero-order valence-electron chi connectivity index (χ0n) is 13.3. The quantitative estimate of drug-likeness (QED) is 0.742. The van der Waals surface area contributed by atoms with E-state index in [1.807, 2.05) is 38.1 Å². The molecule has 0 aliphatic rings. The standard InChI is InChI=1S/C15H17N7OS/c1-3-13-19-20-15(24-13)18-14(23)17-10(2)11-4-6-12(7-5-11)22-9-8-16-21-22/h4-10H,3H2,1-2H3,(H2,17,18,20,23). The van der Waals surface area contributed by atoms with Crippen LogP contribution in [-0.4, -0.2) is 31.2 Å². The van der Waals surface area contributed by atoms with Crippen LogP contribution in [0.15, 0.2) is 36.7 Å². The summed E-state index contributed by atoms with van der Waals surface area (Å²) in [4.78, 5) is 12.0. The Hall–Kier alpha value is -2.81. The molecule has 3 rings (SSSR count). The van der Waals surface area contributed by atoms with E-state index in [0.29, 0.717) is 5.13 Å². The van der Waals surface area contributed by atoms with E-state index in [1.54, 1.807) is 17.1 Å². The van der Waals surface area contributed by atoms with Crippen molar-refractivity contribution in [1.29, 1.82) is 0 Å². The van der Waals surface area contributed by atoms with Crippen molar-refractivity contribution >= 4 is 22.5 Å². The highest BCUT2D eigenvalue weighted by molar-refractivity contribution is 7.15. The Morgan fingerprint density at radius 2 is 2.08 bits per heavy atom. The molecule has 3 aromatic rings. The highest BCUT2D eigenvalue weighted by Crippen LogP contribution is 2.17. The summed E-state index contributed by atoms with van der Waals surface area (Å²) in [6.45, 7) is 3.91. The topological polar surface area (TPSA) is 97.6 Å². The molecule has 0 aliphatic heterocycles. The van der Waals surface area contributed by atoms with Crippen molar-refractivity contribution in [3.63, 3.8) is 0 Å². The zero-order valence-corrected chi connectivity index (χ0v) is 14.1.